The topological polar surface area (TPSA) is 83.8 Å². The molecule has 0 heterocycles. The van der Waals surface area contributed by atoms with Crippen LogP contribution in [0.2, 0.25) is 0 Å². The minimum absolute atomic E-state index is 0.0864. The fourth-order valence-corrected chi connectivity index (χ4v) is 3.80. The maximum atomic E-state index is 12.1. The molecule has 0 spiro atoms. The molecule has 0 aromatic heterocycles. The number of hydrogen-bond donors (Lipinski definition) is 2. The quantitative estimate of drug-likeness (QED) is 0.558. The predicted octanol–water partition coefficient (Wildman–Crippen LogP) is 2.90. The van der Waals surface area contributed by atoms with Gasteiger partial charge in [0.25, 0.3) is 0 Å². The molecule has 2 aliphatic carbocycles. The molecule has 3 rings (SSSR count). The number of aliphatic hydroxyl groups excluding tert-OH is 2. The van der Waals surface area contributed by atoms with Crippen LogP contribution in [0.25, 0.3) is 0 Å². The highest BCUT2D eigenvalue weighted by atomic mass is 16.5. The zero-order valence-corrected chi connectivity index (χ0v) is 17.6. The van der Waals surface area contributed by atoms with E-state index in [1.165, 1.54) is 0 Å². The van der Waals surface area contributed by atoms with E-state index >= 15 is 0 Å². The van der Waals surface area contributed by atoms with Gasteiger partial charge in [-0.3, -0.25) is 9.59 Å². The van der Waals surface area contributed by atoms with Gasteiger partial charge in [-0.2, -0.15) is 0 Å². The van der Waals surface area contributed by atoms with Gasteiger partial charge in [0.2, 0.25) is 0 Å². The molecule has 0 saturated heterocycles. The van der Waals surface area contributed by atoms with E-state index in [-0.39, 0.29) is 35.4 Å². The Kier molecular flexibility index (Phi) is 6.59. The van der Waals surface area contributed by atoms with Crippen LogP contribution >= 0.6 is 0 Å². The van der Waals surface area contributed by atoms with Crippen molar-refractivity contribution >= 4 is 11.6 Å². The van der Waals surface area contributed by atoms with Gasteiger partial charge in [0, 0.05) is 5.92 Å². The number of carbonyl (C=O) groups is 2. The third kappa shape index (κ3) is 5.55. The second-order valence-electron chi connectivity index (χ2n) is 8.96. The molecule has 0 radical (unpaired) electrons. The molecule has 6 atom stereocenters. The van der Waals surface area contributed by atoms with E-state index in [4.69, 9.17) is 4.74 Å². The molecule has 2 fully saturated rings. The first-order valence-electron chi connectivity index (χ1n) is 10.5. The third-order valence-electron chi connectivity index (χ3n) is 6.32. The summed E-state index contributed by atoms with van der Waals surface area (Å²) in [6, 6.07) is 5.97. The first kappa shape index (κ1) is 21.7. The second-order valence-corrected chi connectivity index (χ2v) is 8.96. The van der Waals surface area contributed by atoms with Gasteiger partial charge in [-0.15, -0.1) is 0 Å². The maximum Gasteiger partial charge on any atom is 0.168 e. The molecule has 2 N–H and O–H groups in total. The minimum atomic E-state index is -0.832. The largest absolute Gasteiger partial charge is 0.494 e. The average Bonchev–Trinajstić information content (AvgIpc) is 3.52. The van der Waals surface area contributed by atoms with Gasteiger partial charge < -0.3 is 14.9 Å². The van der Waals surface area contributed by atoms with Gasteiger partial charge in [0.05, 0.1) is 18.6 Å². The van der Waals surface area contributed by atoms with Crippen molar-refractivity contribution in [1.82, 2.24) is 0 Å². The molecule has 0 aliphatic heterocycles. The maximum absolute atomic E-state index is 12.1. The van der Waals surface area contributed by atoms with Crippen molar-refractivity contribution in [3.63, 3.8) is 0 Å². The van der Waals surface area contributed by atoms with Crippen LogP contribution < -0.4 is 4.74 Å². The zero-order valence-electron chi connectivity index (χ0n) is 17.6. The predicted molar refractivity (Wildman–Crippen MR) is 111 cm³/mol. The molecule has 2 aliphatic rings. The molecule has 158 valence electrons. The van der Waals surface area contributed by atoms with Crippen LogP contribution in [0.15, 0.2) is 30.4 Å². The van der Waals surface area contributed by atoms with Crippen molar-refractivity contribution in [3.8, 4) is 5.75 Å². The van der Waals surface area contributed by atoms with Crippen molar-refractivity contribution in [2.45, 2.75) is 58.7 Å². The highest BCUT2D eigenvalue weighted by molar-refractivity contribution is 6.01. The van der Waals surface area contributed by atoms with E-state index in [2.05, 4.69) is 6.58 Å². The summed E-state index contributed by atoms with van der Waals surface area (Å²) in [5, 5.41) is 19.2. The van der Waals surface area contributed by atoms with Crippen LogP contribution in [-0.2, 0) is 22.4 Å². The Labute approximate surface area is 172 Å². The van der Waals surface area contributed by atoms with Crippen molar-refractivity contribution in [2.75, 3.05) is 6.61 Å². The molecule has 2 saturated carbocycles. The highest BCUT2D eigenvalue weighted by Crippen LogP contribution is 2.36. The molecule has 29 heavy (non-hydrogen) atoms. The molecular formula is C24H32O5. The number of hydrogen-bond acceptors (Lipinski definition) is 5. The number of ether oxygens (including phenoxy) is 1. The van der Waals surface area contributed by atoms with Crippen LogP contribution in [0, 0.1) is 23.7 Å². The van der Waals surface area contributed by atoms with E-state index in [0.29, 0.717) is 24.5 Å². The van der Waals surface area contributed by atoms with Crippen LogP contribution in [0.3, 0.4) is 0 Å². The smallest absolute Gasteiger partial charge is 0.168 e. The lowest BCUT2D eigenvalue weighted by atomic mass is 9.87. The summed E-state index contributed by atoms with van der Waals surface area (Å²) >= 11 is 0. The van der Waals surface area contributed by atoms with Gasteiger partial charge in [0.1, 0.15) is 11.9 Å². The molecular weight excluding hydrogens is 368 g/mol. The minimum Gasteiger partial charge on any atom is -0.494 e. The standard InChI is InChI=1S/C24H32O5/c1-13(2)22(26)15(4)14(3)5-6-29-19-9-16(8-18-12-21(18)25)7-17(10-19)11-20-23(27)24(20)28/h7,9-10,14-15,18,20-21,23,25,27H,1,5-6,8,11-12H2,2-4H3. The van der Waals surface area contributed by atoms with E-state index in [1.54, 1.807) is 6.92 Å². The van der Waals surface area contributed by atoms with Crippen molar-refractivity contribution in [3.05, 3.63) is 41.5 Å². The van der Waals surface area contributed by atoms with Gasteiger partial charge in [-0.25, -0.2) is 0 Å². The van der Waals surface area contributed by atoms with E-state index < -0.39 is 6.10 Å². The van der Waals surface area contributed by atoms with Crippen LogP contribution in [0.1, 0.15) is 44.7 Å². The van der Waals surface area contributed by atoms with Crippen molar-refractivity contribution in [1.29, 1.82) is 0 Å². The number of ketones is 2. The number of benzene rings is 1. The second kappa shape index (κ2) is 8.80. The number of rotatable bonds is 11. The lowest BCUT2D eigenvalue weighted by Gasteiger charge is -2.19. The van der Waals surface area contributed by atoms with Gasteiger partial charge in [0.15, 0.2) is 11.6 Å². The molecule has 5 nitrogen and oxygen atoms in total. The fourth-order valence-electron chi connectivity index (χ4n) is 3.80. The molecule has 5 heteroatoms. The van der Waals surface area contributed by atoms with E-state index in [0.717, 1.165) is 36.1 Å². The Bertz CT molecular complexity index is 798. The molecule has 1 aromatic rings. The molecule has 0 amide bonds. The number of allylic oxidation sites excluding steroid dienone is 1. The summed E-state index contributed by atoms with van der Waals surface area (Å²) in [5.41, 5.74) is 2.64. The first-order valence-corrected chi connectivity index (χ1v) is 10.5. The third-order valence-corrected chi connectivity index (χ3v) is 6.32. The fraction of sp³-hybridized carbons (Fsp3) is 0.583. The first-order chi connectivity index (χ1) is 13.7. The Morgan fingerprint density at radius 2 is 1.79 bits per heavy atom. The number of aliphatic hydroxyl groups is 2. The Hall–Kier alpha value is -1.98. The molecule has 0 bridgehead atoms. The zero-order chi connectivity index (χ0) is 21.3. The summed E-state index contributed by atoms with van der Waals surface area (Å²) < 4.78 is 5.99. The summed E-state index contributed by atoms with van der Waals surface area (Å²) in [6.45, 7) is 9.95. The normalized spacial score (nSPS) is 27.3. The summed E-state index contributed by atoms with van der Waals surface area (Å²) in [7, 11) is 0. The SMILES string of the molecule is C=C(C)C(=O)C(C)C(C)CCOc1cc(CC2CC2O)cc(CC2C(=O)C2O)c1. The Balaban J connectivity index is 1.61. The van der Waals surface area contributed by atoms with Crippen molar-refractivity contribution in [2.24, 2.45) is 23.7 Å². The van der Waals surface area contributed by atoms with Gasteiger partial charge in [-0.05, 0) is 73.3 Å². The van der Waals surface area contributed by atoms with E-state index in [9.17, 15) is 19.8 Å². The van der Waals surface area contributed by atoms with E-state index in [1.807, 2.05) is 32.0 Å². The number of Topliss-reactive ketones (excluding diaryl/α,β-unsaturated/α-hetero) is 2. The van der Waals surface area contributed by atoms with Gasteiger partial charge >= 0.3 is 0 Å². The van der Waals surface area contributed by atoms with Gasteiger partial charge in [-0.1, -0.05) is 26.5 Å². The summed E-state index contributed by atoms with van der Waals surface area (Å²) in [5.74, 6) is 0.817. The lowest BCUT2D eigenvalue weighted by molar-refractivity contribution is -0.120. The Morgan fingerprint density at radius 1 is 1.21 bits per heavy atom. The van der Waals surface area contributed by atoms with Crippen LogP contribution in [0.4, 0.5) is 0 Å². The van der Waals surface area contributed by atoms with Crippen LogP contribution in [-0.4, -0.2) is 40.6 Å². The number of carbonyl (C=O) groups excluding carboxylic acids is 2. The monoisotopic (exact) mass is 400 g/mol. The lowest BCUT2D eigenvalue weighted by Crippen LogP contribution is -2.21. The summed E-state index contributed by atoms with van der Waals surface area (Å²) in [4.78, 5) is 23.6. The average molecular weight is 401 g/mol. The molecule has 1 aromatic carbocycles. The Morgan fingerprint density at radius 3 is 2.31 bits per heavy atom. The summed E-state index contributed by atoms with van der Waals surface area (Å²) in [6.07, 6.45) is 1.82. The molecule has 6 unspecified atom stereocenters. The van der Waals surface area contributed by atoms with Crippen LogP contribution in [0.5, 0.6) is 5.75 Å². The van der Waals surface area contributed by atoms with Crippen molar-refractivity contribution < 1.29 is 24.5 Å². The highest BCUT2D eigenvalue weighted by Gasteiger charge is 2.47.